The average molecular weight is 302 g/mol. The Kier molecular flexibility index (Phi) is 5.75. The minimum atomic E-state index is -3.18. The summed E-state index contributed by atoms with van der Waals surface area (Å²) in [5.74, 6) is -0.818. The van der Waals surface area contributed by atoms with Crippen molar-refractivity contribution in [3.63, 3.8) is 0 Å². The number of ether oxygens (including phenoxy) is 1. The largest absolute Gasteiger partial charge is 0.463 e. The molecule has 112 valence electrons. The van der Waals surface area contributed by atoms with Gasteiger partial charge in [0.15, 0.2) is 9.84 Å². The second kappa shape index (κ2) is 7.09. The van der Waals surface area contributed by atoms with Gasteiger partial charge in [-0.25, -0.2) is 8.42 Å². The van der Waals surface area contributed by atoms with E-state index in [9.17, 15) is 18.0 Å². The third kappa shape index (κ3) is 5.43. The number of esters is 1. The molecule has 0 aliphatic heterocycles. The Morgan fingerprint density at radius 1 is 1.35 bits per heavy atom. The molecule has 1 aromatic rings. The van der Waals surface area contributed by atoms with Gasteiger partial charge >= 0.3 is 5.97 Å². The monoisotopic (exact) mass is 302 g/mol. The number of carbonyl (C=O) groups is 1. The Morgan fingerprint density at radius 2 is 2.05 bits per heavy atom. The topological polar surface area (TPSA) is 108 Å². The highest BCUT2D eigenvalue weighted by Crippen LogP contribution is 1.97. The van der Waals surface area contributed by atoms with Crippen LogP contribution in [0.1, 0.15) is 13.3 Å². The Balaban J connectivity index is 2.49. The van der Waals surface area contributed by atoms with Crippen molar-refractivity contribution in [3.8, 4) is 0 Å². The quantitative estimate of drug-likeness (QED) is 0.699. The van der Waals surface area contributed by atoms with Crippen molar-refractivity contribution in [3.05, 3.63) is 28.7 Å². The zero-order valence-corrected chi connectivity index (χ0v) is 12.1. The van der Waals surface area contributed by atoms with Crippen molar-refractivity contribution in [2.75, 3.05) is 23.8 Å². The maximum atomic E-state index is 11.5. The highest BCUT2D eigenvalue weighted by atomic mass is 32.2. The molecular formula is C12H18N2O5S. The fraction of sp³-hybridized carbons (Fsp3) is 0.500. The molecule has 1 heterocycles. The van der Waals surface area contributed by atoms with E-state index in [1.165, 1.54) is 18.3 Å². The maximum absolute atomic E-state index is 11.5. The van der Waals surface area contributed by atoms with E-state index in [1.54, 1.807) is 6.92 Å². The lowest BCUT2D eigenvalue weighted by Crippen LogP contribution is -2.26. The molecule has 0 aliphatic rings. The molecule has 0 saturated heterocycles. The van der Waals surface area contributed by atoms with Gasteiger partial charge < -0.3 is 15.0 Å². The Labute approximate surface area is 117 Å². The average Bonchev–Trinajstić information content (AvgIpc) is 2.33. The fourth-order valence-corrected chi connectivity index (χ4v) is 2.72. The summed E-state index contributed by atoms with van der Waals surface area (Å²) in [4.78, 5) is 22.9. The molecule has 2 N–H and O–H groups in total. The van der Waals surface area contributed by atoms with Gasteiger partial charge in [-0.15, -0.1) is 0 Å². The van der Waals surface area contributed by atoms with Crippen molar-refractivity contribution >= 4 is 21.5 Å². The molecule has 0 spiro atoms. The van der Waals surface area contributed by atoms with Gasteiger partial charge in [-0.05, 0) is 12.5 Å². The van der Waals surface area contributed by atoms with Crippen molar-refractivity contribution in [1.29, 1.82) is 0 Å². The second-order valence-electron chi connectivity index (χ2n) is 4.30. The number of hydrogen-bond donors (Lipinski definition) is 1. The lowest BCUT2D eigenvalue weighted by molar-refractivity contribution is -0.143. The standard InChI is InChI=1S/C12H18N2O5S/c1-2-6-20(17,18)7-5-19-12(16)9-14-8-10(13)3-4-11(14)15/h3-4,8H,2,5-7,9,13H2,1H3. The van der Waals surface area contributed by atoms with E-state index in [2.05, 4.69) is 0 Å². The van der Waals surface area contributed by atoms with E-state index < -0.39 is 15.8 Å². The van der Waals surface area contributed by atoms with Crippen molar-refractivity contribution < 1.29 is 17.9 Å². The molecule has 0 radical (unpaired) electrons. The molecule has 1 rings (SSSR count). The molecule has 20 heavy (non-hydrogen) atoms. The van der Waals surface area contributed by atoms with Gasteiger partial charge in [0.25, 0.3) is 5.56 Å². The predicted octanol–water partition coefficient (Wildman–Crippen LogP) is -0.201. The molecule has 0 fully saturated rings. The van der Waals surface area contributed by atoms with Crippen LogP contribution >= 0.6 is 0 Å². The number of nitrogens with zero attached hydrogens (tertiary/aromatic N) is 1. The van der Waals surface area contributed by atoms with Gasteiger partial charge in [-0.1, -0.05) is 6.92 Å². The van der Waals surface area contributed by atoms with E-state index in [0.29, 0.717) is 12.1 Å². The number of aromatic nitrogens is 1. The van der Waals surface area contributed by atoms with Gasteiger partial charge in [-0.2, -0.15) is 0 Å². The van der Waals surface area contributed by atoms with Crippen molar-refractivity contribution in [2.45, 2.75) is 19.9 Å². The van der Waals surface area contributed by atoms with Crippen LogP contribution < -0.4 is 11.3 Å². The summed E-state index contributed by atoms with van der Waals surface area (Å²) in [5, 5.41) is 0. The third-order valence-corrected chi connectivity index (χ3v) is 4.30. The van der Waals surface area contributed by atoms with Gasteiger partial charge in [0.2, 0.25) is 0 Å². The molecule has 0 bridgehead atoms. The molecule has 0 unspecified atom stereocenters. The summed E-state index contributed by atoms with van der Waals surface area (Å²) in [7, 11) is -3.18. The van der Waals surface area contributed by atoms with Gasteiger partial charge in [0.05, 0.1) is 11.5 Å². The van der Waals surface area contributed by atoms with Crippen LogP contribution in [-0.2, 0) is 25.9 Å². The first-order valence-electron chi connectivity index (χ1n) is 6.16. The van der Waals surface area contributed by atoms with Crippen LogP contribution in [-0.4, -0.2) is 37.1 Å². The normalized spacial score (nSPS) is 11.2. The molecule has 0 aromatic carbocycles. The summed E-state index contributed by atoms with van der Waals surface area (Å²) >= 11 is 0. The smallest absolute Gasteiger partial charge is 0.326 e. The van der Waals surface area contributed by atoms with Crippen molar-refractivity contribution in [2.24, 2.45) is 0 Å². The number of rotatable bonds is 7. The van der Waals surface area contributed by atoms with Crippen LogP contribution in [0.3, 0.4) is 0 Å². The minimum Gasteiger partial charge on any atom is -0.463 e. The highest BCUT2D eigenvalue weighted by Gasteiger charge is 2.12. The van der Waals surface area contributed by atoms with Crippen LogP contribution in [0.25, 0.3) is 0 Å². The third-order valence-electron chi connectivity index (χ3n) is 2.48. The summed E-state index contributed by atoms with van der Waals surface area (Å²) in [6, 6.07) is 2.68. The molecule has 0 saturated carbocycles. The van der Waals surface area contributed by atoms with Gasteiger partial charge in [0, 0.05) is 18.0 Å². The predicted molar refractivity (Wildman–Crippen MR) is 75.0 cm³/mol. The van der Waals surface area contributed by atoms with Crippen LogP contribution in [0.5, 0.6) is 0 Å². The maximum Gasteiger partial charge on any atom is 0.326 e. The lowest BCUT2D eigenvalue weighted by Gasteiger charge is -2.07. The molecule has 8 heteroatoms. The summed E-state index contributed by atoms with van der Waals surface area (Å²) in [5.41, 5.74) is 5.47. The zero-order valence-electron chi connectivity index (χ0n) is 11.2. The number of anilines is 1. The zero-order chi connectivity index (χ0) is 15.2. The van der Waals surface area contributed by atoms with Crippen LogP contribution in [0, 0.1) is 0 Å². The van der Waals surface area contributed by atoms with E-state index in [-0.39, 0.29) is 30.2 Å². The second-order valence-corrected chi connectivity index (χ2v) is 6.60. The van der Waals surface area contributed by atoms with E-state index in [4.69, 9.17) is 10.5 Å². The Hall–Kier alpha value is -1.83. The van der Waals surface area contributed by atoms with Crippen LogP contribution in [0.2, 0.25) is 0 Å². The van der Waals surface area contributed by atoms with E-state index in [1.807, 2.05) is 0 Å². The fourth-order valence-electron chi connectivity index (χ4n) is 1.55. The van der Waals surface area contributed by atoms with Crippen molar-refractivity contribution in [1.82, 2.24) is 4.57 Å². The number of nitrogens with two attached hydrogens (primary N) is 1. The van der Waals surface area contributed by atoms with Gasteiger partial charge in [0.1, 0.15) is 13.2 Å². The van der Waals surface area contributed by atoms with E-state index in [0.717, 1.165) is 4.57 Å². The Morgan fingerprint density at radius 3 is 2.70 bits per heavy atom. The van der Waals surface area contributed by atoms with Crippen LogP contribution in [0.15, 0.2) is 23.1 Å². The van der Waals surface area contributed by atoms with Gasteiger partial charge in [-0.3, -0.25) is 9.59 Å². The number of sulfone groups is 1. The molecule has 0 aliphatic carbocycles. The number of nitrogen functional groups attached to an aromatic ring is 1. The molecular weight excluding hydrogens is 284 g/mol. The number of hydrogen-bond acceptors (Lipinski definition) is 6. The first kappa shape index (κ1) is 16.2. The lowest BCUT2D eigenvalue weighted by atomic mass is 10.4. The molecule has 7 nitrogen and oxygen atoms in total. The Bertz CT molecular complexity index is 621. The molecule has 1 aromatic heterocycles. The highest BCUT2D eigenvalue weighted by molar-refractivity contribution is 7.91. The molecule has 0 amide bonds. The first-order chi connectivity index (χ1) is 9.34. The number of carbonyl (C=O) groups excluding carboxylic acids is 1. The number of pyridine rings is 1. The van der Waals surface area contributed by atoms with E-state index >= 15 is 0 Å². The summed E-state index contributed by atoms with van der Waals surface area (Å²) in [6.45, 7) is 1.26. The molecule has 0 atom stereocenters. The summed E-state index contributed by atoms with van der Waals surface area (Å²) in [6.07, 6.45) is 1.85. The first-order valence-corrected chi connectivity index (χ1v) is 7.98. The summed E-state index contributed by atoms with van der Waals surface area (Å²) < 4.78 is 28.7. The van der Waals surface area contributed by atoms with Crippen LogP contribution in [0.4, 0.5) is 5.69 Å². The SMILES string of the molecule is CCCS(=O)(=O)CCOC(=O)Cn1cc(N)ccc1=O. The minimum absolute atomic E-state index is 0.0687.